The van der Waals surface area contributed by atoms with Crippen LogP contribution in [0.2, 0.25) is 0 Å². The molecule has 4 unspecified atom stereocenters. The number of rotatable bonds is 5. The van der Waals surface area contributed by atoms with Crippen molar-refractivity contribution in [1.82, 2.24) is 0 Å². The molecule has 5 nitrogen and oxygen atoms in total. The van der Waals surface area contributed by atoms with E-state index < -0.39 is 30.0 Å². The molecule has 2 N–H and O–H groups in total. The van der Waals surface area contributed by atoms with Crippen molar-refractivity contribution in [2.75, 3.05) is 6.61 Å². The highest BCUT2D eigenvalue weighted by atomic mass is 17.1. The molecule has 1 rings (SSSR count). The van der Waals surface area contributed by atoms with Crippen LogP contribution in [0.3, 0.4) is 0 Å². The molecule has 84 valence electrons. The summed E-state index contributed by atoms with van der Waals surface area (Å²) in [6.45, 7) is 6.96. The quantitative estimate of drug-likeness (QED) is 0.404. The molecule has 0 aromatic carbocycles. The van der Waals surface area contributed by atoms with Crippen molar-refractivity contribution in [2.45, 2.75) is 12.2 Å². The van der Waals surface area contributed by atoms with Gasteiger partial charge in [0.2, 0.25) is 0 Å². The van der Waals surface area contributed by atoms with Crippen molar-refractivity contribution in [3.05, 3.63) is 25.3 Å². The summed E-state index contributed by atoms with van der Waals surface area (Å²) in [5.74, 6) is -2.21. The maximum Gasteiger partial charge on any atom is 0.309 e. The SMILES string of the molecule is C=CC1OC(C=C)C(C(=O)O)C1COO. The Balaban J connectivity index is 2.89. The lowest BCUT2D eigenvalue weighted by molar-refractivity contribution is -0.254. The highest BCUT2D eigenvalue weighted by Crippen LogP contribution is 2.34. The van der Waals surface area contributed by atoms with Gasteiger partial charge in [-0.25, -0.2) is 4.89 Å². The molecular formula is C10H14O5. The van der Waals surface area contributed by atoms with Crippen LogP contribution < -0.4 is 0 Å². The summed E-state index contributed by atoms with van der Waals surface area (Å²) >= 11 is 0. The number of aliphatic carboxylic acids is 1. The topological polar surface area (TPSA) is 76.0 Å². The lowest BCUT2D eigenvalue weighted by atomic mass is 9.87. The first kappa shape index (κ1) is 11.9. The molecule has 1 aliphatic rings. The van der Waals surface area contributed by atoms with Crippen LogP contribution in [-0.2, 0) is 14.4 Å². The van der Waals surface area contributed by atoms with Gasteiger partial charge in [-0.2, -0.15) is 0 Å². The molecule has 0 aromatic rings. The molecule has 0 aromatic heterocycles. The van der Waals surface area contributed by atoms with Gasteiger partial charge < -0.3 is 9.84 Å². The fraction of sp³-hybridized carbons (Fsp3) is 0.500. The normalized spacial score (nSPS) is 35.0. The number of carbonyl (C=O) groups is 1. The Bertz CT molecular complexity index is 263. The minimum atomic E-state index is -0.994. The lowest BCUT2D eigenvalue weighted by Gasteiger charge is -2.16. The van der Waals surface area contributed by atoms with E-state index in [1.165, 1.54) is 12.2 Å². The van der Waals surface area contributed by atoms with Gasteiger partial charge in [0.05, 0.1) is 24.7 Å². The molecule has 5 heteroatoms. The van der Waals surface area contributed by atoms with Crippen LogP contribution in [0.4, 0.5) is 0 Å². The van der Waals surface area contributed by atoms with Crippen molar-refractivity contribution in [3.8, 4) is 0 Å². The van der Waals surface area contributed by atoms with Crippen LogP contribution in [0.1, 0.15) is 0 Å². The van der Waals surface area contributed by atoms with Crippen LogP contribution in [0.25, 0.3) is 0 Å². The maximum atomic E-state index is 11.0. The molecule has 1 fully saturated rings. The van der Waals surface area contributed by atoms with E-state index in [9.17, 15) is 4.79 Å². The third-order valence-electron chi connectivity index (χ3n) is 2.57. The minimum Gasteiger partial charge on any atom is -0.481 e. The second-order valence-corrected chi connectivity index (χ2v) is 3.36. The Morgan fingerprint density at radius 3 is 2.40 bits per heavy atom. The summed E-state index contributed by atoms with van der Waals surface area (Å²) < 4.78 is 5.39. The van der Waals surface area contributed by atoms with Crippen LogP contribution in [0, 0.1) is 11.8 Å². The second-order valence-electron chi connectivity index (χ2n) is 3.36. The van der Waals surface area contributed by atoms with Crippen molar-refractivity contribution in [2.24, 2.45) is 11.8 Å². The van der Waals surface area contributed by atoms with Gasteiger partial charge in [-0.1, -0.05) is 12.2 Å². The standard InChI is InChI=1S/C10H14O5/c1-3-7-6(5-14-13)9(10(11)12)8(4-2)15-7/h3-4,6-9,13H,1-2,5H2,(H,11,12). The zero-order valence-electron chi connectivity index (χ0n) is 8.20. The monoisotopic (exact) mass is 214 g/mol. The predicted octanol–water partition coefficient (Wildman–Crippen LogP) is 0.932. The molecule has 1 aliphatic heterocycles. The maximum absolute atomic E-state index is 11.0. The Labute approximate surface area is 87.5 Å². The van der Waals surface area contributed by atoms with Crippen molar-refractivity contribution in [3.63, 3.8) is 0 Å². The number of carboxylic acids is 1. The molecule has 0 amide bonds. The largest absolute Gasteiger partial charge is 0.481 e. The highest BCUT2D eigenvalue weighted by molar-refractivity contribution is 5.72. The molecular weight excluding hydrogens is 200 g/mol. The van der Waals surface area contributed by atoms with E-state index in [2.05, 4.69) is 18.0 Å². The molecule has 0 radical (unpaired) electrons. The van der Waals surface area contributed by atoms with Crippen molar-refractivity contribution >= 4 is 5.97 Å². The smallest absolute Gasteiger partial charge is 0.309 e. The van der Waals surface area contributed by atoms with E-state index in [-0.39, 0.29) is 6.61 Å². The van der Waals surface area contributed by atoms with Gasteiger partial charge in [-0.3, -0.25) is 10.1 Å². The van der Waals surface area contributed by atoms with E-state index in [0.29, 0.717) is 0 Å². The summed E-state index contributed by atoms with van der Waals surface area (Å²) in [6.07, 6.45) is 1.92. The Morgan fingerprint density at radius 2 is 2.00 bits per heavy atom. The van der Waals surface area contributed by atoms with Gasteiger partial charge >= 0.3 is 5.97 Å². The van der Waals surface area contributed by atoms with Gasteiger partial charge in [-0.15, -0.1) is 13.2 Å². The van der Waals surface area contributed by atoms with Crippen LogP contribution in [0.5, 0.6) is 0 Å². The fourth-order valence-corrected chi connectivity index (χ4v) is 1.86. The molecule has 0 saturated carbocycles. The summed E-state index contributed by atoms with van der Waals surface area (Å²) in [5.41, 5.74) is 0. The molecule has 1 saturated heterocycles. The summed E-state index contributed by atoms with van der Waals surface area (Å²) in [6, 6.07) is 0. The Kier molecular flexibility index (Phi) is 4.02. The summed E-state index contributed by atoms with van der Waals surface area (Å²) in [5, 5.41) is 17.4. The molecule has 4 atom stereocenters. The van der Waals surface area contributed by atoms with E-state index in [4.69, 9.17) is 15.1 Å². The Hall–Kier alpha value is -1.17. The van der Waals surface area contributed by atoms with E-state index in [1.807, 2.05) is 0 Å². The third-order valence-corrected chi connectivity index (χ3v) is 2.57. The molecule has 0 aliphatic carbocycles. The molecule has 1 heterocycles. The predicted molar refractivity (Wildman–Crippen MR) is 52.3 cm³/mol. The lowest BCUT2D eigenvalue weighted by Crippen LogP contribution is -2.31. The molecule has 0 bridgehead atoms. The average Bonchev–Trinajstić information content (AvgIpc) is 2.56. The van der Waals surface area contributed by atoms with Crippen LogP contribution in [0.15, 0.2) is 25.3 Å². The van der Waals surface area contributed by atoms with Crippen molar-refractivity contribution in [1.29, 1.82) is 0 Å². The van der Waals surface area contributed by atoms with E-state index >= 15 is 0 Å². The number of carboxylic acid groups (broad SMARTS) is 1. The molecule has 0 spiro atoms. The summed E-state index contributed by atoms with van der Waals surface area (Å²) in [4.78, 5) is 15.0. The first-order chi connectivity index (χ1) is 7.15. The number of hydrogen-bond acceptors (Lipinski definition) is 4. The van der Waals surface area contributed by atoms with Gasteiger partial charge in [0, 0.05) is 5.92 Å². The van der Waals surface area contributed by atoms with Crippen molar-refractivity contribution < 1.29 is 24.8 Å². The number of hydrogen-bond donors (Lipinski definition) is 2. The summed E-state index contributed by atoms with van der Waals surface area (Å²) in [7, 11) is 0. The zero-order chi connectivity index (χ0) is 11.4. The minimum absolute atomic E-state index is 0.0992. The molecule has 15 heavy (non-hydrogen) atoms. The third kappa shape index (κ3) is 2.26. The second kappa shape index (κ2) is 5.06. The highest BCUT2D eigenvalue weighted by Gasteiger charge is 2.46. The van der Waals surface area contributed by atoms with E-state index in [1.54, 1.807) is 0 Å². The Morgan fingerprint density at radius 1 is 1.40 bits per heavy atom. The van der Waals surface area contributed by atoms with Gasteiger partial charge in [0.25, 0.3) is 0 Å². The van der Waals surface area contributed by atoms with Gasteiger partial charge in [0.1, 0.15) is 0 Å². The number of ether oxygens (including phenoxy) is 1. The fourth-order valence-electron chi connectivity index (χ4n) is 1.86. The van der Waals surface area contributed by atoms with E-state index in [0.717, 1.165) is 0 Å². The van der Waals surface area contributed by atoms with Gasteiger partial charge in [0.15, 0.2) is 0 Å². The average molecular weight is 214 g/mol. The van der Waals surface area contributed by atoms with Crippen LogP contribution in [-0.4, -0.2) is 35.1 Å². The first-order valence-corrected chi connectivity index (χ1v) is 4.55. The zero-order valence-corrected chi connectivity index (χ0v) is 8.20. The van der Waals surface area contributed by atoms with Gasteiger partial charge in [-0.05, 0) is 0 Å². The van der Waals surface area contributed by atoms with Crippen LogP contribution >= 0.6 is 0 Å². The first-order valence-electron chi connectivity index (χ1n) is 4.55.